The zero-order valence-corrected chi connectivity index (χ0v) is 20.6. The topological polar surface area (TPSA) is 71.1 Å². The van der Waals surface area contributed by atoms with Gasteiger partial charge in [-0.05, 0) is 70.7 Å². The Morgan fingerprint density at radius 1 is 1.28 bits per heavy atom. The van der Waals surface area contributed by atoms with Crippen LogP contribution in [0.25, 0.3) is 0 Å². The van der Waals surface area contributed by atoms with E-state index in [1.54, 1.807) is 4.90 Å². The van der Waals surface area contributed by atoms with E-state index in [4.69, 9.17) is 21.1 Å². The quantitative estimate of drug-likeness (QED) is 0.716. The largest absolute Gasteiger partial charge is 0.444 e. The van der Waals surface area contributed by atoms with Crippen LogP contribution in [0.3, 0.4) is 0 Å². The summed E-state index contributed by atoms with van der Waals surface area (Å²) in [5.74, 6) is 0.0292. The minimum Gasteiger partial charge on any atom is -0.444 e. The molecule has 0 aromatic heterocycles. The van der Waals surface area contributed by atoms with Gasteiger partial charge in [0.1, 0.15) is 11.6 Å². The van der Waals surface area contributed by atoms with Gasteiger partial charge < -0.3 is 24.6 Å². The van der Waals surface area contributed by atoms with Crippen LogP contribution in [0.4, 0.5) is 10.5 Å². The molecule has 2 amide bonds. The summed E-state index contributed by atoms with van der Waals surface area (Å²) < 4.78 is 11.5. The van der Waals surface area contributed by atoms with E-state index < -0.39 is 5.60 Å². The lowest BCUT2D eigenvalue weighted by atomic mass is 10.0. The van der Waals surface area contributed by atoms with Crippen LogP contribution in [-0.4, -0.2) is 71.8 Å². The first kappa shape index (κ1) is 24.6. The first-order valence-corrected chi connectivity index (χ1v) is 11.9. The Hall–Kier alpha value is -1.99. The molecule has 2 fully saturated rings. The molecule has 0 aliphatic carbocycles. The van der Waals surface area contributed by atoms with Crippen molar-refractivity contribution in [1.82, 2.24) is 9.80 Å². The third-order valence-corrected chi connectivity index (χ3v) is 6.08. The van der Waals surface area contributed by atoms with Gasteiger partial charge in [0, 0.05) is 23.8 Å². The first-order valence-electron chi connectivity index (χ1n) is 11.5. The lowest BCUT2D eigenvalue weighted by Gasteiger charge is -2.39. The average Bonchev–Trinajstić information content (AvgIpc) is 2.89. The number of anilines is 1. The smallest absolute Gasteiger partial charge is 0.410 e. The maximum Gasteiger partial charge on any atom is 0.410 e. The highest BCUT2D eigenvalue weighted by atomic mass is 35.5. The highest BCUT2D eigenvalue weighted by molar-refractivity contribution is 6.30. The highest BCUT2D eigenvalue weighted by Gasteiger charge is 2.38. The third kappa shape index (κ3) is 6.29. The Morgan fingerprint density at radius 2 is 2.03 bits per heavy atom. The van der Waals surface area contributed by atoms with Crippen molar-refractivity contribution < 1.29 is 19.1 Å². The van der Waals surface area contributed by atoms with Crippen molar-refractivity contribution in [2.45, 2.75) is 77.6 Å². The Labute approximate surface area is 196 Å². The van der Waals surface area contributed by atoms with Crippen LogP contribution in [0.5, 0.6) is 0 Å². The van der Waals surface area contributed by atoms with Crippen molar-refractivity contribution in [1.29, 1.82) is 0 Å². The number of hydrogen-bond acceptors (Lipinski definition) is 5. The number of piperidine rings is 1. The molecule has 2 unspecified atom stereocenters. The summed E-state index contributed by atoms with van der Waals surface area (Å²) >= 11 is 6.26. The van der Waals surface area contributed by atoms with Crippen LogP contribution in [0, 0.1) is 0 Å². The lowest BCUT2D eigenvalue weighted by molar-refractivity contribution is -0.138. The standard InChI is InChI=1S/C24H36ClN3O4/c1-6-17-10-18(25)12-19(11-17)26-21-8-7-9-27(22(21)29)20-13-28(16(2)14-31-15-20)23(30)32-24(3,4)5/h10-12,16,20-21,26H,6-9,13-15H2,1-5H3/t16-,20?,21?/m0/s1. The minimum atomic E-state index is -0.580. The number of nitrogens with zero attached hydrogens (tertiary/aromatic N) is 2. The molecule has 1 aromatic carbocycles. The molecule has 2 aliphatic heterocycles. The third-order valence-electron chi connectivity index (χ3n) is 5.86. The zero-order valence-electron chi connectivity index (χ0n) is 19.8. The number of nitrogens with one attached hydrogen (secondary N) is 1. The SMILES string of the molecule is CCc1cc(Cl)cc(NC2CCCN(C3COC[C@H](C)N(C(=O)OC(C)(C)C)C3)C2=O)c1. The molecule has 7 nitrogen and oxygen atoms in total. The van der Waals surface area contributed by atoms with Crippen LogP contribution in [0.15, 0.2) is 18.2 Å². The predicted octanol–water partition coefficient (Wildman–Crippen LogP) is 4.33. The van der Waals surface area contributed by atoms with E-state index in [2.05, 4.69) is 12.2 Å². The van der Waals surface area contributed by atoms with E-state index in [-0.39, 0.29) is 30.1 Å². The fourth-order valence-electron chi connectivity index (χ4n) is 4.22. The molecular weight excluding hydrogens is 430 g/mol. The maximum absolute atomic E-state index is 13.4. The second-order valence-electron chi connectivity index (χ2n) is 9.75. The van der Waals surface area contributed by atoms with Gasteiger partial charge in [-0.1, -0.05) is 18.5 Å². The van der Waals surface area contributed by atoms with Gasteiger partial charge in [-0.25, -0.2) is 4.79 Å². The van der Waals surface area contributed by atoms with E-state index in [0.29, 0.717) is 31.3 Å². The normalized spacial score (nSPS) is 24.8. The number of hydrogen-bond donors (Lipinski definition) is 1. The summed E-state index contributed by atoms with van der Waals surface area (Å²) in [5, 5.41) is 4.04. The molecule has 2 saturated heterocycles. The van der Waals surface area contributed by atoms with Crippen molar-refractivity contribution in [3.8, 4) is 0 Å². The molecule has 178 valence electrons. The Kier molecular flexibility index (Phi) is 7.93. The van der Waals surface area contributed by atoms with Crippen molar-refractivity contribution >= 4 is 29.3 Å². The van der Waals surface area contributed by atoms with Crippen molar-refractivity contribution in [2.24, 2.45) is 0 Å². The summed E-state index contributed by atoms with van der Waals surface area (Å²) in [4.78, 5) is 29.8. The van der Waals surface area contributed by atoms with Crippen molar-refractivity contribution in [2.75, 3.05) is 31.6 Å². The fraction of sp³-hybridized carbons (Fsp3) is 0.667. The molecular formula is C24H36ClN3O4. The van der Waals surface area contributed by atoms with Crippen LogP contribution in [-0.2, 0) is 20.7 Å². The van der Waals surface area contributed by atoms with Gasteiger partial charge in [0.2, 0.25) is 5.91 Å². The number of aryl methyl sites for hydroxylation is 1. The van der Waals surface area contributed by atoms with E-state index in [1.807, 2.05) is 50.8 Å². The number of likely N-dealkylation sites (tertiary alicyclic amines) is 1. The summed E-state index contributed by atoms with van der Waals surface area (Å²) in [5.41, 5.74) is 1.40. The van der Waals surface area contributed by atoms with Gasteiger partial charge in [0.25, 0.3) is 0 Å². The van der Waals surface area contributed by atoms with Crippen molar-refractivity contribution in [3.63, 3.8) is 0 Å². The Bertz CT molecular complexity index is 826. The fourth-order valence-corrected chi connectivity index (χ4v) is 4.48. The van der Waals surface area contributed by atoms with Crippen LogP contribution in [0.2, 0.25) is 5.02 Å². The number of carbonyl (C=O) groups excluding carboxylic acids is 2. The highest BCUT2D eigenvalue weighted by Crippen LogP contribution is 2.25. The molecule has 2 aliphatic rings. The molecule has 1 aromatic rings. The summed E-state index contributed by atoms with van der Waals surface area (Å²) in [6.45, 7) is 11.4. The van der Waals surface area contributed by atoms with E-state index in [0.717, 1.165) is 30.5 Å². The molecule has 0 radical (unpaired) electrons. The van der Waals surface area contributed by atoms with E-state index in [9.17, 15) is 9.59 Å². The summed E-state index contributed by atoms with van der Waals surface area (Å²) in [6.07, 6.45) is 2.13. The molecule has 1 N–H and O–H groups in total. The number of amides is 2. The van der Waals surface area contributed by atoms with Crippen LogP contribution < -0.4 is 5.32 Å². The number of carbonyl (C=O) groups is 2. The van der Waals surface area contributed by atoms with Gasteiger partial charge in [-0.15, -0.1) is 0 Å². The minimum absolute atomic E-state index is 0.0292. The molecule has 2 heterocycles. The summed E-state index contributed by atoms with van der Waals surface area (Å²) in [7, 11) is 0. The number of ether oxygens (including phenoxy) is 2. The Balaban J connectivity index is 1.72. The predicted molar refractivity (Wildman–Crippen MR) is 126 cm³/mol. The number of halogens is 1. The van der Waals surface area contributed by atoms with Gasteiger partial charge in [-0.3, -0.25) is 4.79 Å². The number of benzene rings is 1. The first-order chi connectivity index (χ1) is 15.1. The van der Waals surface area contributed by atoms with Crippen molar-refractivity contribution in [3.05, 3.63) is 28.8 Å². The molecule has 0 bridgehead atoms. The van der Waals surface area contributed by atoms with Gasteiger partial charge >= 0.3 is 6.09 Å². The molecule has 8 heteroatoms. The lowest BCUT2D eigenvalue weighted by Crippen LogP contribution is -2.56. The van der Waals surface area contributed by atoms with Crippen LogP contribution >= 0.6 is 11.6 Å². The molecule has 0 saturated carbocycles. The maximum atomic E-state index is 13.4. The average molecular weight is 466 g/mol. The van der Waals surface area contributed by atoms with Crippen LogP contribution in [0.1, 0.15) is 53.0 Å². The second-order valence-corrected chi connectivity index (χ2v) is 10.2. The van der Waals surface area contributed by atoms with E-state index >= 15 is 0 Å². The second kappa shape index (κ2) is 10.3. The molecule has 32 heavy (non-hydrogen) atoms. The van der Waals surface area contributed by atoms with Gasteiger partial charge in [-0.2, -0.15) is 0 Å². The number of rotatable bonds is 4. The van der Waals surface area contributed by atoms with Gasteiger partial charge in [0.05, 0.1) is 25.3 Å². The zero-order chi connectivity index (χ0) is 23.5. The molecule has 3 atom stereocenters. The van der Waals surface area contributed by atoms with Gasteiger partial charge in [0.15, 0.2) is 0 Å². The van der Waals surface area contributed by atoms with E-state index in [1.165, 1.54) is 0 Å². The summed E-state index contributed by atoms with van der Waals surface area (Å²) in [6, 6.07) is 5.17. The monoisotopic (exact) mass is 465 g/mol. The molecule has 0 spiro atoms. The molecule has 3 rings (SSSR count). The Morgan fingerprint density at radius 3 is 2.72 bits per heavy atom.